The van der Waals surface area contributed by atoms with Crippen LogP contribution in [0.2, 0.25) is 0 Å². The van der Waals surface area contributed by atoms with E-state index in [0.717, 1.165) is 19.3 Å². The number of ether oxygens (including phenoxy) is 1. The van der Waals surface area contributed by atoms with E-state index >= 15 is 0 Å². The topological polar surface area (TPSA) is 52.3 Å². The molecule has 0 rings (SSSR count). The van der Waals surface area contributed by atoms with E-state index in [2.05, 4.69) is 10.8 Å². The number of esters is 1. The molecule has 0 heterocycles. The zero-order chi connectivity index (χ0) is 10.1. The fraction of sp³-hybridized carbons (Fsp3) is 0.700. The molecule has 3 nitrogen and oxygen atoms in total. The van der Waals surface area contributed by atoms with Gasteiger partial charge in [0.15, 0.2) is 0 Å². The maximum Gasteiger partial charge on any atom is 0.322 e. The summed E-state index contributed by atoms with van der Waals surface area (Å²) in [4.78, 5) is 10.9. The van der Waals surface area contributed by atoms with Crippen LogP contribution in [0.1, 0.15) is 32.6 Å². The molecule has 0 aromatic rings. The van der Waals surface area contributed by atoms with Gasteiger partial charge in [0.1, 0.15) is 6.04 Å². The zero-order valence-corrected chi connectivity index (χ0v) is 8.45. The molecule has 3 heteroatoms. The van der Waals surface area contributed by atoms with Gasteiger partial charge in [0.05, 0.1) is 7.11 Å². The van der Waals surface area contributed by atoms with E-state index in [1.54, 1.807) is 0 Å². The molecule has 1 atom stereocenters. The van der Waals surface area contributed by atoms with Crippen molar-refractivity contribution in [2.24, 2.45) is 5.73 Å². The Kier molecular flexibility index (Phi) is 7.30. The highest BCUT2D eigenvalue weighted by atomic mass is 16.5. The molecule has 13 heavy (non-hydrogen) atoms. The van der Waals surface area contributed by atoms with Gasteiger partial charge in [0, 0.05) is 0 Å². The van der Waals surface area contributed by atoms with Crippen LogP contribution < -0.4 is 5.73 Å². The largest absolute Gasteiger partial charge is 0.468 e. The summed E-state index contributed by atoms with van der Waals surface area (Å²) in [5.41, 5.74) is 5.55. The average molecular weight is 185 g/mol. The summed E-state index contributed by atoms with van der Waals surface area (Å²) in [5.74, 6) is -0.314. The molecule has 2 N–H and O–H groups in total. The summed E-state index contributed by atoms with van der Waals surface area (Å²) < 4.78 is 4.51. The SMILES string of the molecule is CC=CCCCCC(N)C(=O)OC. The van der Waals surface area contributed by atoms with Crippen molar-refractivity contribution in [2.75, 3.05) is 7.11 Å². The number of allylic oxidation sites excluding steroid dienone is 2. The Balaban J connectivity index is 3.36. The van der Waals surface area contributed by atoms with Gasteiger partial charge in [-0.3, -0.25) is 4.79 Å². The summed E-state index contributed by atoms with van der Waals surface area (Å²) in [5, 5.41) is 0. The summed E-state index contributed by atoms with van der Waals surface area (Å²) in [6.07, 6.45) is 7.97. The van der Waals surface area contributed by atoms with E-state index in [4.69, 9.17) is 5.73 Å². The van der Waals surface area contributed by atoms with Crippen molar-refractivity contribution in [2.45, 2.75) is 38.6 Å². The molecule has 1 unspecified atom stereocenters. The van der Waals surface area contributed by atoms with Crippen LogP contribution in [0.4, 0.5) is 0 Å². The summed E-state index contributed by atoms with van der Waals surface area (Å²) in [7, 11) is 1.36. The lowest BCUT2D eigenvalue weighted by Crippen LogP contribution is -2.31. The molecule has 0 aromatic heterocycles. The van der Waals surface area contributed by atoms with E-state index in [1.165, 1.54) is 7.11 Å². The average Bonchev–Trinajstić information content (AvgIpc) is 2.16. The van der Waals surface area contributed by atoms with E-state index in [9.17, 15) is 4.79 Å². The molecule has 0 spiro atoms. The Bertz CT molecular complexity index is 166. The van der Waals surface area contributed by atoms with E-state index in [0.29, 0.717) is 6.42 Å². The highest BCUT2D eigenvalue weighted by molar-refractivity contribution is 5.75. The third-order valence-corrected chi connectivity index (χ3v) is 1.88. The van der Waals surface area contributed by atoms with Crippen molar-refractivity contribution in [1.29, 1.82) is 0 Å². The Labute approximate surface area is 79.9 Å². The van der Waals surface area contributed by atoms with Gasteiger partial charge in [0.25, 0.3) is 0 Å². The van der Waals surface area contributed by atoms with Crippen molar-refractivity contribution in [3.05, 3.63) is 12.2 Å². The number of rotatable bonds is 6. The van der Waals surface area contributed by atoms with Gasteiger partial charge in [-0.25, -0.2) is 0 Å². The molecule has 0 bridgehead atoms. The first kappa shape index (κ1) is 12.2. The van der Waals surface area contributed by atoms with E-state index in [1.807, 2.05) is 13.0 Å². The smallest absolute Gasteiger partial charge is 0.322 e. The van der Waals surface area contributed by atoms with Gasteiger partial charge in [-0.05, 0) is 26.2 Å². The van der Waals surface area contributed by atoms with Crippen LogP contribution in [-0.4, -0.2) is 19.1 Å². The lowest BCUT2D eigenvalue weighted by atomic mass is 10.1. The number of nitrogens with two attached hydrogens (primary N) is 1. The second-order valence-electron chi connectivity index (χ2n) is 2.98. The predicted octanol–water partition coefficient (Wildman–Crippen LogP) is 1.62. The first-order valence-corrected chi connectivity index (χ1v) is 4.67. The second-order valence-corrected chi connectivity index (χ2v) is 2.98. The highest BCUT2D eigenvalue weighted by Crippen LogP contribution is 2.03. The minimum atomic E-state index is -0.449. The predicted molar refractivity (Wildman–Crippen MR) is 53.3 cm³/mol. The first-order chi connectivity index (χ1) is 6.22. The van der Waals surface area contributed by atoms with Gasteiger partial charge in [0.2, 0.25) is 0 Å². The van der Waals surface area contributed by atoms with Crippen LogP contribution in [0.25, 0.3) is 0 Å². The monoisotopic (exact) mass is 185 g/mol. The number of hydrogen-bond acceptors (Lipinski definition) is 3. The molecule has 0 radical (unpaired) electrons. The van der Waals surface area contributed by atoms with Crippen molar-refractivity contribution >= 4 is 5.97 Å². The van der Waals surface area contributed by atoms with Crippen LogP contribution >= 0.6 is 0 Å². The number of methoxy groups -OCH3 is 1. The Hall–Kier alpha value is -0.830. The maximum atomic E-state index is 10.9. The van der Waals surface area contributed by atoms with Gasteiger partial charge >= 0.3 is 5.97 Å². The van der Waals surface area contributed by atoms with Crippen LogP contribution in [0, 0.1) is 0 Å². The van der Waals surface area contributed by atoms with Gasteiger partial charge in [-0.15, -0.1) is 0 Å². The lowest BCUT2D eigenvalue weighted by Gasteiger charge is -2.07. The Morgan fingerprint density at radius 1 is 1.54 bits per heavy atom. The minimum Gasteiger partial charge on any atom is -0.468 e. The summed E-state index contributed by atoms with van der Waals surface area (Å²) >= 11 is 0. The van der Waals surface area contributed by atoms with Gasteiger partial charge < -0.3 is 10.5 Å². The third-order valence-electron chi connectivity index (χ3n) is 1.88. The summed E-state index contributed by atoms with van der Waals surface area (Å²) in [6, 6.07) is -0.449. The fourth-order valence-electron chi connectivity index (χ4n) is 1.06. The molecular formula is C10H19NO2. The number of hydrogen-bond donors (Lipinski definition) is 1. The second kappa shape index (κ2) is 7.80. The molecule has 0 saturated carbocycles. The highest BCUT2D eigenvalue weighted by Gasteiger charge is 2.11. The van der Waals surface area contributed by atoms with Crippen molar-refractivity contribution in [1.82, 2.24) is 0 Å². The molecule has 0 fully saturated rings. The Morgan fingerprint density at radius 3 is 2.77 bits per heavy atom. The molecule has 0 aliphatic heterocycles. The molecule has 0 aromatic carbocycles. The Morgan fingerprint density at radius 2 is 2.23 bits per heavy atom. The molecule has 0 aliphatic rings. The lowest BCUT2D eigenvalue weighted by molar-refractivity contribution is -0.142. The molecular weight excluding hydrogens is 166 g/mol. The van der Waals surface area contributed by atoms with Crippen LogP contribution in [0.5, 0.6) is 0 Å². The standard InChI is InChI=1S/C10H19NO2/c1-3-4-5-6-7-8-9(11)10(12)13-2/h3-4,9H,5-8,11H2,1-2H3. The number of unbranched alkanes of at least 4 members (excludes halogenated alkanes) is 2. The van der Waals surface area contributed by atoms with Crippen LogP contribution in [0.3, 0.4) is 0 Å². The number of carbonyl (C=O) groups is 1. The fourth-order valence-corrected chi connectivity index (χ4v) is 1.06. The normalized spacial score (nSPS) is 13.2. The molecule has 0 saturated heterocycles. The zero-order valence-electron chi connectivity index (χ0n) is 8.45. The van der Waals surface area contributed by atoms with Crippen molar-refractivity contribution in [3.8, 4) is 0 Å². The van der Waals surface area contributed by atoms with Crippen LogP contribution in [-0.2, 0) is 9.53 Å². The van der Waals surface area contributed by atoms with E-state index < -0.39 is 6.04 Å². The molecule has 0 aliphatic carbocycles. The number of carbonyl (C=O) groups excluding carboxylic acids is 1. The third kappa shape index (κ3) is 6.34. The molecule has 0 amide bonds. The molecule has 76 valence electrons. The van der Waals surface area contributed by atoms with Crippen molar-refractivity contribution < 1.29 is 9.53 Å². The van der Waals surface area contributed by atoms with Crippen LogP contribution in [0.15, 0.2) is 12.2 Å². The van der Waals surface area contributed by atoms with Gasteiger partial charge in [-0.1, -0.05) is 18.6 Å². The summed E-state index contributed by atoms with van der Waals surface area (Å²) in [6.45, 7) is 2.00. The van der Waals surface area contributed by atoms with Gasteiger partial charge in [-0.2, -0.15) is 0 Å². The maximum absolute atomic E-state index is 10.9. The van der Waals surface area contributed by atoms with Crippen molar-refractivity contribution in [3.63, 3.8) is 0 Å². The minimum absolute atomic E-state index is 0.314. The quantitative estimate of drug-likeness (QED) is 0.388. The van der Waals surface area contributed by atoms with E-state index in [-0.39, 0.29) is 5.97 Å². The first-order valence-electron chi connectivity index (χ1n) is 4.67.